The van der Waals surface area contributed by atoms with E-state index in [-0.39, 0.29) is 39.4 Å². The fourth-order valence-electron chi connectivity index (χ4n) is 5.31. The number of hydrogen-bond donors (Lipinski definition) is 1. The Kier molecular flexibility index (Phi) is 8.71. The number of anilines is 2. The van der Waals surface area contributed by atoms with Gasteiger partial charge in [-0.25, -0.2) is 4.79 Å². The molecule has 0 spiro atoms. The molecule has 11 nitrogen and oxygen atoms in total. The zero-order valence-electron chi connectivity index (χ0n) is 25.2. The Balaban J connectivity index is 1.62. The summed E-state index contributed by atoms with van der Waals surface area (Å²) in [4.78, 5) is 14.0. The second kappa shape index (κ2) is 12.9. The summed E-state index contributed by atoms with van der Waals surface area (Å²) in [5.74, 6) is 1.13. The van der Waals surface area contributed by atoms with Crippen molar-refractivity contribution in [2.75, 3.05) is 50.3 Å². The number of para-hydroxylation sites is 1. The number of benzene rings is 3. The first-order chi connectivity index (χ1) is 22.7. The van der Waals surface area contributed by atoms with Crippen molar-refractivity contribution in [1.29, 1.82) is 5.26 Å². The minimum Gasteiger partial charge on any atom is -0.497 e. The number of rotatable bonds is 7. The van der Waals surface area contributed by atoms with Crippen molar-refractivity contribution < 1.29 is 32.2 Å². The summed E-state index contributed by atoms with van der Waals surface area (Å²) in [5.41, 5.74) is 0.203. The highest BCUT2D eigenvalue weighted by atomic mass is 32.2. The molecule has 0 saturated carbocycles. The molecule has 242 valence electrons. The molecule has 3 aromatic carbocycles. The van der Waals surface area contributed by atoms with Crippen molar-refractivity contribution in [3.05, 3.63) is 95.3 Å². The Morgan fingerprint density at radius 2 is 1.55 bits per heavy atom. The number of carbonyl (C=O) groups excluding carboxylic acids is 1. The number of alkyl halides is 3. The number of methoxy groups -OCH3 is 2. The molecule has 2 saturated heterocycles. The highest BCUT2D eigenvalue weighted by molar-refractivity contribution is 8.04. The largest absolute Gasteiger partial charge is 0.497 e. The lowest BCUT2D eigenvalue weighted by Crippen LogP contribution is -2.61. The van der Waals surface area contributed by atoms with E-state index in [0.29, 0.717) is 49.4 Å². The summed E-state index contributed by atoms with van der Waals surface area (Å²) < 4.78 is 63.5. The van der Waals surface area contributed by atoms with Gasteiger partial charge in [-0.1, -0.05) is 42.1 Å². The van der Waals surface area contributed by atoms with Gasteiger partial charge in [0.25, 0.3) is 0 Å². The van der Waals surface area contributed by atoms with E-state index in [4.69, 9.17) is 14.2 Å². The van der Waals surface area contributed by atoms with Crippen LogP contribution in [0.2, 0.25) is 0 Å². The van der Waals surface area contributed by atoms with Crippen molar-refractivity contribution >= 4 is 35.0 Å². The van der Waals surface area contributed by atoms with Crippen LogP contribution >= 0.6 is 11.8 Å². The average Bonchev–Trinajstić information content (AvgIpc) is 3.53. The second-order valence-electron chi connectivity index (χ2n) is 10.4. The summed E-state index contributed by atoms with van der Waals surface area (Å²) in [5, 5.41) is 21.4. The number of halogens is 3. The zero-order chi connectivity index (χ0) is 33.2. The number of urea groups is 1. The van der Waals surface area contributed by atoms with E-state index >= 15 is 13.2 Å². The van der Waals surface area contributed by atoms with Crippen LogP contribution in [0, 0.1) is 11.3 Å². The number of aromatic nitrogens is 3. The Morgan fingerprint density at radius 1 is 0.936 bits per heavy atom. The van der Waals surface area contributed by atoms with E-state index in [1.165, 1.54) is 50.6 Å². The maximum absolute atomic E-state index is 15.3. The molecule has 0 bridgehead atoms. The van der Waals surface area contributed by atoms with E-state index in [9.17, 15) is 10.1 Å². The Labute approximate surface area is 272 Å². The molecule has 1 aromatic heterocycles. The maximum atomic E-state index is 15.3. The molecule has 4 aromatic rings. The molecule has 2 fully saturated rings. The van der Waals surface area contributed by atoms with Gasteiger partial charge in [0.15, 0.2) is 5.82 Å². The van der Waals surface area contributed by atoms with Gasteiger partial charge in [0.05, 0.1) is 38.8 Å². The SMILES string of the molecule is COc1ccc(N2C(=O)NC(c3ccc(OC)cc3)(C(F)(F)F)SC2=C(C#N)c2nnc(N3CCOCC3)n2-c2ccccc2)cc1. The normalized spacial score (nSPS) is 19.5. The summed E-state index contributed by atoms with van der Waals surface area (Å²) in [6.07, 6.45) is -5.02. The van der Waals surface area contributed by atoms with Crippen LogP contribution in [0.3, 0.4) is 0 Å². The molecule has 6 rings (SSSR count). The van der Waals surface area contributed by atoms with E-state index in [1.54, 1.807) is 41.0 Å². The highest BCUT2D eigenvalue weighted by Crippen LogP contribution is 2.55. The monoisotopic (exact) mass is 663 g/mol. The predicted molar refractivity (Wildman–Crippen MR) is 169 cm³/mol. The smallest absolute Gasteiger partial charge is 0.425 e. The van der Waals surface area contributed by atoms with Gasteiger partial charge in [0.1, 0.15) is 28.2 Å². The number of amides is 2. The van der Waals surface area contributed by atoms with E-state index in [0.717, 1.165) is 4.90 Å². The van der Waals surface area contributed by atoms with Crippen LogP contribution in [0.15, 0.2) is 83.9 Å². The number of ether oxygens (including phenoxy) is 3. The first kappa shape index (κ1) is 31.8. The van der Waals surface area contributed by atoms with Crippen LogP contribution in [-0.2, 0) is 9.61 Å². The van der Waals surface area contributed by atoms with Gasteiger partial charge in [0.2, 0.25) is 10.8 Å². The van der Waals surface area contributed by atoms with Gasteiger partial charge in [0, 0.05) is 13.1 Å². The Bertz CT molecular complexity index is 1820. The number of allylic oxidation sites excluding steroid dienone is 1. The van der Waals surface area contributed by atoms with Crippen molar-refractivity contribution in [3.8, 4) is 23.3 Å². The molecule has 3 heterocycles. The van der Waals surface area contributed by atoms with Crippen LogP contribution in [0.1, 0.15) is 11.4 Å². The van der Waals surface area contributed by atoms with Crippen LogP contribution in [0.25, 0.3) is 11.3 Å². The molecule has 0 radical (unpaired) electrons. The lowest BCUT2D eigenvalue weighted by Gasteiger charge is -2.44. The molecule has 2 aliphatic heterocycles. The number of nitrogens with zero attached hydrogens (tertiary/aromatic N) is 6. The van der Waals surface area contributed by atoms with Gasteiger partial charge >= 0.3 is 12.2 Å². The summed E-state index contributed by atoms with van der Waals surface area (Å²) in [7, 11) is 2.86. The minimum atomic E-state index is -5.02. The quantitative estimate of drug-likeness (QED) is 0.249. The molecule has 15 heteroatoms. The molecule has 1 N–H and O–H groups in total. The minimum absolute atomic E-state index is 0.0401. The Hall–Kier alpha value is -5.20. The predicted octanol–water partition coefficient (Wildman–Crippen LogP) is 5.69. The van der Waals surface area contributed by atoms with Crippen molar-refractivity contribution in [1.82, 2.24) is 20.1 Å². The van der Waals surface area contributed by atoms with Crippen molar-refractivity contribution in [2.24, 2.45) is 0 Å². The third kappa shape index (κ3) is 5.81. The number of morpholine rings is 1. The standard InChI is InChI=1S/C32H28F3N7O4S/c1-44-24-12-8-21(9-13-24)31(32(33,34)35)37-30(43)42(23-10-14-25(45-2)15-11-23)28(47-31)26(20-36)27-38-39-29(40-16-18-46-19-17-40)41(27)22-6-4-3-5-7-22/h3-15H,16-19H2,1-2H3,(H,37,43). The van der Waals surface area contributed by atoms with Crippen LogP contribution in [0.5, 0.6) is 11.5 Å². The van der Waals surface area contributed by atoms with E-state index in [1.807, 2.05) is 11.0 Å². The van der Waals surface area contributed by atoms with Crippen LogP contribution in [-0.4, -0.2) is 67.5 Å². The number of nitriles is 1. The fourth-order valence-corrected chi connectivity index (χ4v) is 6.62. The van der Waals surface area contributed by atoms with Gasteiger partial charge in [-0.2, -0.15) is 18.4 Å². The number of carbonyl (C=O) groups is 1. The van der Waals surface area contributed by atoms with Crippen molar-refractivity contribution in [2.45, 2.75) is 11.0 Å². The van der Waals surface area contributed by atoms with E-state index in [2.05, 4.69) is 21.6 Å². The van der Waals surface area contributed by atoms with Gasteiger partial charge < -0.3 is 24.4 Å². The highest BCUT2D eigenvalue weighted by Gasteiger charge is 2.62. The lowest BCUT2D eigenvalue weighted by atomic mass is 10.1. The maximum Gasteiger partial charge on any atom is 0.425 e. The number of nitrogens with one attached hydrogen (secondary N) is 1. The summed E-state index contributed by atoms with van der Waals surface area (Å²) in [6.45, 7) is 1.82. The number of hydrogen-bond acceptors (Lipinski definition) is 9. The third-order valence-corrected chi connectivity index (χ3v) is 9.12. The molecule has 47 heavy (non-hydrogen) atoms. The third-order valence-electron chi connectivity index (χ3n) is 7.67. The Morgan fingerprint density at radius 3 is 2.13 bits per heavy atom. The fraction of sp³-hybridized carbons (Fsp3) is 0.250. The van der Waals surface area contributed by atoms with Crippen LogP contribution < -0.4 is 24.6 Å². The van der Waals surface area contributed by atoms with Gasteiger partial charge in [-0.15, -0.1) is 10.2 Å². The molecule has 0 aliphatic carbocycles. The molecule has 1 atom stereocenters. The van der Waals surface area contributed by atoms with E-state index < -0.39 is 17.1 Å². The second-order valence-corrected chi connectivity index (χ2v) is 11.6. The molecular formula is C32H28F3N7O4S. The van der Waals surface area contributed by atoms with Crippen molar-refractivity contribution in [3.63, 3.8) is 0 Å². The average molecular weight is 664 g/mol. The molecular weight excluding hydrogens is 635 g/mol. The van der Waals surface area contributed by atoms with Gasteiger partial charge in [-0.05, 0) is 54.1 Å². The van der Waals surface area contributed by atoms with Crippen LogP contribution in [0.4, 0.5) is 29.6 Å². The molecule has 2 amide bonds. The summed E-state index contributed by atoms with van der Waals surface area (Å²) in [6, 6.07) is 21.3. The summed E-state index contributed by atoms with van der Waals surface area (Å²) >= 11 is 0.285. The topological polar surface area (TPSA) is 118 Å². The van der Waals surface area contributed by atoms with Gasteiger partial charge in [-0.3, -0.25) is 9.47 Å². The molecule has 1 unspecified atom stereocenters. The molecule has 2 aliphatic rings. The number of thioether (sulfide) groups is 1. The first-order valence-electron chi connectivity index (χ1n) is 14.4. The lowest BCUT2D eigenvalue weighted by molar-refractivity contribution is -0.167. The zero-order valence-corrected chi connectivity index (χ0v) is 26.0. The first-order valence-corrected chi connectivity index (χ1v) is 15.2.